The molecule has 0 bridgehead atoms. The van der Waals surface area contributed by atoms with E-state index in [0.29, 0.717) is 0 Å². The molecule has 0 atom stereocenters. The number of nitrogens with zero attached hydrogens (tertiary/aromatic N) is 6. The van der Waals surface area contributed by atoms with Gasteiger partial charge in [-0.2, -0.15) is 29.9 Å². The topological polar surface area (TPSA) is 349 Å². The molecule has 10 N–H and O–H groups in total. The Bertz CT molecular complexity index is 2190. The molecule has 5 rings (SSSR count). The van der Waals surface area contributed by atoms with E-state index in [2.05, 4.69) is 51.2 Å². The lowest BCUT2D eigenvalue weighted by molar-refractivity contribution is 0.0676. The van der Waals surface area contributed by atoms with Gasteiger partial charge in [0.1, 0.15) is 11.6 Å². The molecule has 3 aromatic carbocycles. The molecule has 5 aromatic rings. The second kappa shape index (κ2) is 14.9. The SMILES string of the molecule is Cc1nc(Nc2cc(C(=O)O)cc(C(=O)O)c2)nc(Nc2cc(C(=O)O)c(Nc3nc(C)nc(Nc4cc(C(=O)O)cc(C(=O)O)c4)n3)cc2C(=O)O)n1. The number of carboxylic acids is 6. The Labute approximate surface area is 300 Å². The molecule has 274 valence electrons. The van der Waals surface area contributed by atoms with E-state index in [-0.39, 0.29) is 80.4 Å². The third-order valence-corrected chi connectivity index (χ3v) is 6.97. The number of aryl methyl sites for hydroxylation is 2. The van der Waals surface area contributed by atoms with Crippen molar-refractivity contribution in [2.24, 2.45) is 0 Å². The van der Waals surface area contributed by atoms with Crippen molar-refractivity contribution < 1.29 is 59.4 Å². The van der Waals surface area contributed by atoms with Gasteiger partial charge in [0, 0.05) is 11.4 Å². The Kier molecular flexibility index (Phi) is 10.2. The van der Waals surface area contributed by atoms with E-state index in [9.17, 15) is 59.4 Å². The molecule has 0 unspecified atom stereocenters. The van der Waals surface area contributed by atoms with Crippen LogP contribution in [0.5, 0.6) is 0 Å². The molecular weight excluding hydrogens is 716 g/mol. The summed E-state index contributed by atoms with van der Waals surface area (Å²) in [4.78, 5) is 95.5. The number of rotatable bonds is 14. The molecule has 0 amide bonds. The minimum absolute atomic E-state index is 0.00983. The van der Waals surface area contributed by atoms with Crippen molar-refractivity contribution in [3.8, 4) is 0 Å². The molecule has 0 aliphatic heterocycles. The van der Waals surface area contributed by atoms with E-state index in [0.717, 1.165) is 48.5 Å². The summed E-state index contributed by atoms with van der Waals surface area (Å²) < 4.78 is 0. The largest absolute Gasteiger partial charge is 0.478 e. The van der Waals surface area contributed by atoms with Crippen molar-refractivity contribution in [2.45, 2.75) is 13.8 Å². The molecule has 22 nitrogen and oxygen atoms in total. The van der Waals surface area contributed by atoms with E-state index >= 15 is 0 Å². The fraction of sp³-hybridized carbons (Fsp3) is 0.0625. The van der Waals surface area contributed by atoms with E-state index in [1.165, 1.54) is 13.8 Å². The number of hydrogen-bond donors (Lipinski definition) is 10. The lowest BCUT2D eigenvalue weighted by Crippen LogP contribution is -2.13. The monoisotopic (exact) mass is 740 g/mol. The quantitative estimate of drug-likeness (QED) is 0.0772. The van der Waals surface area contributed by atoms with Crippen LogP contribution in [0, 0.1) is 13.8 Å². The maximum Gasteiger partial charge on any atom is 0.337 e. The normalized spacial score (nSPS) is 10.6. The van der Waals surface area contributed by atoms with Crippen molar-refractivity contribution in [1.82, 2.24) is 29.9 Å². The molecule has 0 saturated carbocycles. The molecule has 0 fully saturated rings. The summed E-state index contributed by atoms with van der Waals surface area (Å²) >= 11 is 0. The van der Waals surface area contributed by atoms with Crippen LogP contribution >= 0.6 is 0 Å². The van der Waals surface area contributed by atoms with Gasteiger partial charge in [0.15, 0.2) is 0 Å². The number of benzene rings is 3. The van der Waals surface area contributed by atoms with E-state index in [4.69, 9.17) is 0 Å². The van der Waals surface area contributed by atoms with Crippen LogP contribution in [-0.4, -0.2) is 96.4 Å². The highest BCUT2D eigenvalue weighted by molar-refractivity contribution is 6.03. The molecular formula is C32H24N10O12. The minimum atomic E-state index is -1.52. The average molecular weight is 741 g/mol. The zero-order chi connectivity index (χ0) is 39.4. The van der Waals surface area contributed by atoms with Gasteiger partial charge in [0.2, 0.25) is 23.8 Å². The third kappa shape index (κ3) is 8.70. The number of anilines is 8. The van der Waals surface area contributed by atoms with Crippen LogP contribution in [0.25, 0.3) is 0 Å². The first kappa shape index (κ1) is 37.0. The summed E-state index contributed by atoms with van der Waals surface area (Å²) in [6, 6.07) is 8.36. The Morgan fingerprint density at radius 2 is 0.667 bits per heavy atom. The van der Waals surface area contributed by atoms with Gasteiger partial charge in [0.25, 0.3) is 0 Å². The first-order chi connectivity index (χ1) is 25.4. The zero-order valence-electron chi connectivity index (χ0n) is 27.4. The Morgan fingerprint density at radius 1 is 0.389 bits per heavy atom. The molecule has 0 aliphatic carbocycles. The number of aromatic carboxylic acids is 6. The first-order valence-corrected chi connectivity index (χ1v) is 14.9. The van der Waals surface area contributed by atoms with E-state index in [1.807, 2.05) is 0 Å². The summed E-state index contributed by atoms with van der Waals surface area (Å²) in [5.74, 6) is -9.46. The number of carboxylic acid groups (broad SMARTS) is 6. The summed E-state index contributed by atoms with van der Waals surface area (Å²) in [5.41, 5.74) is -2.94. The highest BCUT2D eigenvalue weighted by atomic mass is 16.4. The maximum absolute atomic E-state index is 12.4. The van der Waals surface area contributed by atoms with Crippen LogP contribution in [0.15, 0.2) is 48.5 Å². The number of carbonyl (C=O) groups is 6. The van der Waals surface area contributed by atoms with Gasteiger partial charge in [0.05, 0.1) is 44.8 Å². The van der Waals surface area contributed by atoms with Crippen LogP contribution in [0.3, 0.4) is 0 Å². The van der Waals surface area contributed by atoms with Gasteiger partial charge >= 0.3 is 35.8 Å². The smallest absolute Gasteiger partial charge is 0.337 e. The van der Waals surface area contributed by atoms with E-state index in [1.54, 1.807) is 0 Å². The second-order valence-electron chi connectivity index (χ2n) is 10.9. The summed E-state index contributed by atoms with van der Waals surface area (Å²) in [6.45, 7) is 2.88. The van der Waals surface area contributed by atoms with Crippen LogP contribution < -0.4 is 21.3 Å². The molecule has 22 heteroatoms. The van der Waals surface area contributed by atoms with Gasteiger partial charge < -0.3 is 51.9 Å². The summed E-state index contributed by atoms with van der Waals surface area (Å²) in [5, 5.41) is 68.3. The molecule has 54 heavy (non-hydrogen) atoms. The Balaban J connectivity index is 1.47. The highest BCUT2D eigenvalue weighted by Gasteiger charge is 2.22. The van der Waals surface area contributed by atoms with Crippen molar-refractivity contribution in [1.29, 1.82) is 0 Å². The standard InChI is InChI=1S/C32H24N10O12/c1-11-33-29(37-17-5-13(23(43)44)3-14(6-17)24(45)46)41-31(35-11)39-21-9-20(28(53)54)22(10-19(21)27(51)52)40-32-36-12(2)34-30(42-32)38-18-7-15(25(47)48)4-16(8-18)26(49)50/h3-10H,1-2H3,(H,43,44)(H,45,46)(H,47,48)(H,49,50)(H,51,52)(H,53,54)(H2,33,35,37,39,41)(H2,34,36,38,40,42). The Morgan fingerprint density at radius 3 is 0.926 bits per heavy atom. The fourth-order valence-corrected chi connectivity index (χ4v) is 4.74. The summed E-state index contributed by atoms with van der Waals surface area (Å²) in [6.07, 6.45) is 0. The van der Waals surface area contributed by atoms with Crippen LogP contribution in [0.4, 0.5) is 46.5 Å². The molecule has 2 heterocycles. The summed E-state index contributed by atoms with van der Waals surface area (Å²) in [7, 11) is 0. The van der Waals surface area contributed by atoms with Crippen molar-refractivity contribution >= 4 is 82.4 Å². The van der Waals surface area contributed by atoms with Gasteiger partial charge in [-0.25, -0.2) is 28.8 Å². The lowest BCUT2D eigenvalue weighted by Gasteiger charge is -2.15. The number of aromatic nitrogens is 6. The van der Waals surface area contributed by atoms with Crippen molar-refractivity contribution in [2.75, 3.05) is 21.3 Å². The van der Waals surface area contributed by atoms with Crippen molar-refractivity contribution in [3.05, 3.63) is 93.6 Å². The van der Waals surface area contributed by atoms with Gasteiger partial charge in [-0.05, 0) is 62.4 Å². The zero-order valence-corrected chi connectivity index (χ0v) is 27.4. The third-order valence-electron chi connectivity index (χ3n) is 6.97. The van der Waals surface area contributed by atoms with Gasteiger partial charge in [-0.1, -0.05) is 0 Å². The predicted molar refractivity (Wildman–Crippen MR) is 183 cm³/mol. The Hall–Kier alpha value is -8.30. The predicted octanol–water partition coefficient (Wildman–Crippen LogP) is 3.84. The first-order valence-electron chi connectivity index (χ1n) is 14.9. The van der Waals surface area contributed by atoms with Gasteiger partial charge in [-0.15, -0.1) is 0 Å². The highest BCUT2D eigenvalue weighted by Crippen LogP contribution is 2.30. The molecule has 0 spiro atoms. The lowest BCUT2D eigenvalue weighted by atomic mass is 10.1. The molecule has 2 aromatic heterocycles. The average Bonchev–Trinajstić information content (AvgIpc) is 3.07. The number of nitrogens with one attached hydrogen (secondary N) is 4. The van der Waals surface area contributed by atoms with E-state index < -0.39 is 46.9 Å². The second-order valence-corrected chi connectivity index (χ2v) is 10.9. The van der Waals surface area contributed by atoms with Crippen LogP contribution in [0.2, 0.25) is 0 Å². The van der Waals surface area contributed by atoms with Gasteiger partial charge in [-0.3, -0.25) is 0 Å². The van der Waals surface area contributed by atoms with Crippen molar-refractivity contribution in [3.63, 3.8) is 0 Å². The number of hydrogen-bond acceptors (Lipinski definition) is 16. The van der Waals surface area contributed by atoms with Crippen LogP contribution in [-0.2, 0) is 0 Å². The van der Waals surface area contributed by atoms with Crippen LogP contribution in [0.1, 0.15) is 73.8 Å². The molecule has 0 aliphatic rings. The maximum atomic E-state index is 12.4. The minimum Gasteiger partial charge on any atom is -0.478 e. The fourth-order valence-electron chi connectivity index (χ4n) is 4.74. The molecule has 0 saturated heterocycles. The molecule has 0 radical (unpaired) electrons.